The van der Waals surface area contributed by atoms with Gasteiger partial charge in [-0.25, -0.2) is 14.4 Å². The maximum Gasteiger partial charge on any atom is 0.339 e. The molecule has 0 aliphatic heterocycles. The molecule has 0 unspecified atom stereocenters. The minimum absolute atomic E-state index is 0.0132. The van der Waals surface area contributed by atoms with E-state index >= 15 is 0 Å². The van der Waals surface area contributed by atoms with Gasteiger partial charge in [0, 0.05) is 36.3 Å². The summed E-state index contributed by atoms with van der Waals surface area (Å²) in [4.78, 5) is 35.0. The maximum atomic E-state index is 11.2. The van der Waals surface area contributed by atoms with Gasteiger partial charge < -0.3 is 46.0 Å². The van der Waals surface area contributed by atoms with Crippen LogP contribution in [0.1, 0.15) is 47.8 Å². The summed E-state index contributed by atoms with van der Waals surface area (Å²) in [5, 5.41) is 88.5. The van der Waals surface area contributed by atoms with E-state index in [1.165, 1.54) is 4.90 Å². The van der Waals surface area contributed by atoms with Gasteiger partial charge >= 0.3 is 17.9 Å². The molecule has 0 heterocycles. The van der Waals surface area contributed by atoms with E-state index < -0.39 is 69.1 Å². The summed E-state index contributed by atoms with van der Waals surface area (Å²) in [6.07, 6.45) is 0. The smallest absolute Gasteiger partial charge is 0.339 e. The highest BCUT2D eigenvalue weighted by Gasteiger charge is 2.22. The molecule has 194 valence electrons. The third-order valence-corrected chi connectivity index (χ3v) is 5.46. The quantitative estimate of drug-likeness (QED) is 0.186. The van der Waals surface area contributed by atoms with Crippen LogP contribution < -0.4 is 0 Å². The molecule has 0 bridgehead atoms. The van der Waals surface area contributed by atoms with Gasteiger partial charge in [-0.1, -0.05) is 0 Å². The molecule has 3 aromatic rings. The molecule has 0 spiro atoms. The number of benzene rings is 3. The molecule has 37 heavy (non-hydrogen) atoms. The summed E-state index contributed by atoms with van der Waals surface area (Å²) in [6.45, 7) is -0.789. The first-order chi connectivity index (χ1) is 17.3. The number of hydrogen-bond donors (Lipinski definition) is 9. The van der Waals surface area contributed by atoms with Crippen molar-refractivity contribution in [3.05, 3.63) is 69.8 Å². The highest BCUT2D eigenvalue weighted by Crippen LogP contribution is 2.34. The van der Waals surface area contributed by atoms with Gasteiger partial charge in [0.05, 0.1) is 0 Å². The van der Waals surface area contributed by atoms with Crippen molar-refractivity contribution in [2.75, 3.05) is 0 Å². The van der Waals surface area contributed by atoms with Gasteiger partial charge in [0.2, 0.25) is 0 Å². The van der Waals surface area contributed by atoms with Crippen molar-refractivity contribution in [3.8, 4) is 34.5 Å². The number of aromatic carboxylic acids is 3. The van der Waals surface area contributed by atoms with E-state index in [1.54, 1.807) is 0 Å². The average molecular weight is 515 g/mol. The predicted molar refractivity (Wildman–Crippen MR) is 123 cm³/mol. The van der Waals surface area contributed by atoms with E-state index in [4.69, 9.17) is 15.3 Å². The van der Waals surface area contributed by atoms with E-state index in [0.717, 1.165) is 36.4 Å². The van der Waals surface area contributed by atoms with Gasteiger partial charge in [0.15, 0.2) is 0 Å². The van der Waals surface area contributed by atoms with Crippen molar-refractivity contribution < 1.29 is 60.3 Å². The Labute approximate surface area is 207 Å². The van der Waals surface area contributed by atoms with Crippen molar-refractivity contribution in [1.82, 2.24) is 4.90 Å². The van der Waals surface area contributed by atoms with Gasteiger partial charge in [0.25, 0.3) is 0 Å². The molecule has 0 radical (unpaired) electrons. The Bertz CT molecular complexity index is 1250. The van der Waals surface area contributed by atoms with Gasteiger partial charge in [-0.2, -0.15) is 0 Å². The Morgan fingerprint density at radius 2 is 0.703 bits per heavy atom. The zero-order valence-corrected chi connectivity index (χ0v) is 18.8. The number of carboxylic acid groups (broad SMARTS) is 3. The van der Waals surface area contributed by atoms with Crippen LogP contribution in [0.4, 0.5) is 0 Å². The number of hydrogen-bond acceptors (Lipinski definition) is 10. The van der Waals surface area contributed by atoms with Crippen molar-refractivity contribution in [1.29, 1.82) is 0 Å². The Morgan fingerprint density at radius 1 is 0.459 bits per heavy atom. The highest BCUT2D eigenvalue weighted by atomic mass is 16.4. The molecular formula is C24H21NO12. The van der Waals surface area contributed by atoms with Gasteiger partial charge in [0.1, 0.15) is 51.2 Å². The van der Waals surface area contributed by atoms with Gasteiger partial charge in [-0.3, -0.25) is 4.90 Å². The van der Waals surface area contributed by atoms with Crippen LogP contribution in [-0.2, 0) is 19.6 Å². The predicted octanol–water partition coefficient (Wildman–Crippen LogP) is 2.22. The molecule has 3 aromatic carbocycles. The molecule has 13 nitrogen and oxygen atoms in total. The third-order valence-electron chi connectivity index (χ3n) is 5.46. The molecule has 0 atom stereocenters. The summed E-state index contributed by atoms with van der Waals surface area (Å²) in [5.41, 5.74) is -1.65. The topological polar surface area (TPSA) is 237 Å². The fourth-order valence-electron chi connectivity index (χ4n) is 3.64. The second-order valence-corrected chi connectivity index (χ2v) is 8.05. The Hall–Kier alpha value is -5.17. The monoisotopic (exact) mass is 515 g/mol. The summed E-state index contributed by atoms with van der Waals surface area (Å²) >= 11 is 0. The molecule has 13 heteroatoms. The fourth-order valence-corrected chi connectivity index (χ4v) is 3.64. The number of nitrogens with zero attached hydrogens (tertiary/aromatic N) is 1. The van der Waals surface area contributed by atoms with Crippen LogP contribution in [0, 0.1) is 0 Å². The lowest BCUT2D eigenvalue weighted by Gasteiger charge is -2.25. The van der Waals surface area contributed by atoms with Crippen LogP contribution in [0.2, 0.25) is 0 Å². The molecule has 0 saturated heterocycles. The molecule has 0 saturated carbocycles. The van der Waals surface area contributed by atoms with Crippen molar-refractivity contribution in [2.45, 2.75) is 19.6 Å². The average Bonchev–Trinajstić information content (AvgIpc) is 2.79. The molecule has 9 N–H and O–H groups in total. The summed E-state index contributed by atoms with van der Waals surface area (Å²) in [7, 11) is 0. The fraction of sp³-hybridized carbons (Fsp3) is 0.125. The summed E-state index contributed by atoms with van der Waals surface area (Å²) < 4.78 is 0. The van der Waals surface area contributed by atoms with E-state index in [1.807, 2.05) is 0 Å². The second-order valence-electron chi connectivity index (χ2n) is 8.05. The van der Waals surface area contributed by atoms with Crippen LogP contribution in [0.25, 0.3) is 0 Å². The highest BCUT2D eigenvalue weighted by molar-refractivity contribution is 5.92. The maximum absolute atomic E-state index is 11.2. The van der Waals surface area contributed by atoms with Crippen molar-refractivity contribution in [3.63, 3.8) is 0 Å². The SMILES string of the molecule is O=C(O)c1cc(O)c(CN(Cc2cc(O)c(C(=O)O)cc2O)Cc2cc(O)c(C(=O)O)cc2O)cc1O. The number of aromatic hydroxyl groups is 6. The molecule has 0 amide bonds. The summed E-state index contributed by atoms with van der Waals surface area (Å²) in [5.74, 6) is -7.98. The van der Waals surface area contributed by atoms with Gasteiger partial charge in [-0.05, 0) is 36.4 Å². The Kier molecular flexibility index (Phi) is 7.30. The first kappa shape index (κ1) is 26.4. The number of carboxylic acids is 3. The molecule has 0 aliphatic carbocycles. The van der Waals surface area contributed by atoms with Crippen molar-refractivity contribution >= 4 is 17.9 Å². The van der Waals surface area contributed by atoms with E-state index in [9.17, 15) is 45.0 Å². The van der Waals surface area contributed by atoms with Crippen LogP contribution in [-0.4, -0.2) is 68.8 Å². The van der Waals surface area contributed by atoms with E-state index in [2.05, 4.69) is 0 Å². The van der Waals surface area contributed by atoms with E-state index in [0.29, 0.717) is 0 Å². The van der Waals surface area contributed by atoms with Crippen molar-refractivity contribution in [2.24, 2.45) is 0 Å². The zero-order chi connectivity index (χ0) is 27.6. The molecule has 0 aliphatic rings. The second kappa shape index (κ2) is 10.2. The zero-order valence-electron chi connectivity index (χ0n) is 18.8. The van der Waals surface area contributed by atoms with Crippen LogP contribution in [0.5, 0.6) is 34.5 Å². The van der Waals surface area contributed by atoms with Crippen LogP contribution >= 0.6 is 0 Å². The van der Waals surface area contributed by atoms with E-state index in [-0.39, 0.29) is 36.3 Å². The molecule has 3 rings (SSSR count). The largest absolute Gasteiger partial charge is 0.508 e. The summed E-state index contributed by atoms with van der Waals surface area (Å²) in [6, 6.07) is 5.42. The normalized spacial score (nSPS) is 10.9. The minimum Gasteiger partial charge on any atom is -0.508 e. The first-order valence-electron chi connectivity index (χ1n) is 10.3. The minimum atomic E-state index is -1.49. The first-order valence-corrected chi connectivity index (χ1v) is 10.3. The number of carbonyl (C=O) groups is 3. The van der Waals surface area contributed by atoms with Crippen LogP contribution in [0.15, 0.2) is 36.4 Å². The Morgan fingerprint density at radius 3 is 0.919 bits per heavy atom. The lowest BCUT2D eigenvalue weighted by atomic mass is 10.0. The lowest BCUT2D eigenvalue weighted by Crippen LogP contribution is -2.23. The lowest BCUT2D eigenvalue weighted by molar-refractivity contribution is 0.0682. The standard InChI is InChI=1S/C24H21NO12/c26-16-4-13(22(32)33)19(29)1-10(16)7-25(8-11-2-20(30)14(23(34)35)5-17(11)27)9-12-3-21(31)15(24(36)37)6-18(12)28/h1-6,26-31H,7-9H2,(H,32,33)(H,34,35)(H,36,37). The number of phenols is 6. The molecule has 0 aromatic heterocycles. The van der Waals surface area contributed by atoms with Crippen LogP contribution in [0.3, 0.4) is 0 Å². The third kappa shape index (κ3) is 5.74. The van der Waals surface area contributed by atoms with Gasteiger partial charge in [-0.15, -0.1) is 0 Å². The number of phenolic OH excluding ortho intramolecular Hbond substituents is 3. The molecule has 0 fully saturated rings. The Balaban J connectivity index is 2.04. The molecular weight excluding hydrogens is 494 g/mol. The number of rotatable bonds is 9.